The summed E-state index contributed by atoms with van der Waals surface area (Å²) < 4.78 is 26.5. The second-order valence-corrected chi connectivity index (χ2v) is 6.11. The van der Waals surface area contributed by atoms with E-state index in [1.807, 2.05) is 6.92 Å². The lowest BCUT2D eigenvalue weighted by atomic mass is 10.3. The molecular formula is C10H13N3O4S. The number of nitrogens with two attached hydrogens (primary N) is 1. The molecule has 98 valence electrons. The molecule has 0 radical (unpaired) electrons. The van der Waals surface area contributed by atoms with E-state index in [1.54, 1.807) is 0 Å². The summed E-state index contributed by atoms with van der Waals surface area (Å²) in [5, 5.41) is 10.8. The van der Waals surface area contributed by atoms with Crippen LogP contribution in [-0.4, -0.2) is 19.4 Å². The molecule has 18 heavy (non-hydrogen) atoms. The van der Waals surface area contributed by atoms with Crippen LogP contribution in [0, 0.1) is 16.0 Å². The van der Waals surface area contributed by atoms with Crippen LogP contribution in [0.3, 0.4) is 0 Å². The predicted octanol–water partition coefficient (Wildman–Crippen LogP) is 0.864. The van der Waals surface area contributed by atoms with Gasteiger partial charge in [-0.05, 0) is 24.5 Å². The second-order valence-electron chi connectivity index (χ2n) is 4.43. The molecule has 0 spiro atoms. The molecule has 1 aromatic rings. The molecular weight excluding hydrogens is 258 g/mol. The van der Waals surface area contributed by atoms with E-state index in [-0.39, 0.29) is 22.5 Å². The number of hydrogen-bond acceptors (Lipinski definition) is 5. The van der Waals surface area contributed by atoms with Gasteiger partial charge in [-0.15, -0.1) is 0 Å². The topological polar surface area (TPSA) is 115 Å². The lowest BCUT2D eigenvalue weighted by molar-refractivity contribution is -0.387. The van der Waals surface area contributed by atoms with Gasteiger partial charge in [-0.25, -0.2) is 13.1 Å². The third-order valence-corrected chi connectivity index (χ3v) is 4.42. The molecule has 1 aromatic carbocycles. The van der Waals surface area contributed by atoms with Gasteiger partial charge < -0.3 is 5.73 Å². The monoisotopic (exact) mass is 271 g/mol. The van der Waals surface area contributed by atoms with Gasteiger partial charge in [-0.2, -0.15) is 0 Å². The standard InChI is InChI=1S/C10H13N3O4S/c1-6-4-8(6)12-18(16,17)10-3-2-7(11)5-9(10)13(14)15/h2-3,5-6,8,12H,4,11H2,1H3. The molecule has 0 aliphatic heterocycles. The fourth-order valence-electron chi connectivity index (χ4n) is 1.65. The minimum absolute atomic E-state index is 0.132. The highest BCUT2D eigenvalue weighted by Crippen LogP contribution is 2.32. The summed E-state index contributed by atoms with van der Waals surface area (Å²) in [6.45, 7) is 1.91. The summed E-state index contributed by atoms with van der Waals surface area (Å²) in [5.74, 6) is 0.271. The third kappa shape index (κ3) is 2.44. The van der Waals surface area contributed by atoms with Crippen molar-refractivity contribution in [2.24, 2.45) is 5.92 Å². The van der Waals surface area contributed by atoms with Gasteiger partial charge >= 0.3 is 0 Å². The highest BCUT2D eigenvalue weighted by atomic mass is 32.2. The van der Waals surface area contributed by atoms with Crippen LogP contribution >= 0.6 is 0 Å². The average Bonchev–Trinajstić information content (AvgIpc) is 2.92. The molecule has 0 amide bonds. The molecule has 2 rings (SSSR count). The van der Waals surface area contributed by atoms with Crippen molar-refractivity contribution < 1.29 is 13.3 Å². The van der Waals surface area contributed by atoms with E-state index < -0.39 is 20.6 Å². The zero-order valence-corrected chi connectivity index (χ0v) is 10.5. The number of anilines is 1. The van der Waals surface area contributed by atoms with E-state index in [1.165, 1.54) is 6.07 Å². The van der Waals surface area contributed by atoms with Gasteiger partial charge in [-0.1, -0.05) is 6.92 Å². The van der Waals surface area contributed by atoms with Crippen molar-refractivity contribution in [1.29, 1.82) is 0 Å². The molecule has 0 aromatic heterocycles. The van der Waals surface area contributed by atoms with Crippen LogP contribution in [0.25, 0.3) is 0 Å². The summed E-state index contributed by atoms with van der Waals surface area (Å²) >= 11 is 0. The number of rotatable bonds is 4. The maximum atomic E-state index is 12.0. The molecule has 1 saturated carbocycles. The Bertz CT molecular complexity index is 599. The van der Waals surface area contributed by atoms with E-state index in [0.717, 1.165) is 18.6 Å². The largest absolute Gasteiger partial charge is 0.399 e. The Morgan fingerprint density at radius 1 is 1.50 bits per heavy atom. The smallest absolute Gasteiger partial charge is 0.291 e. The highest BCUT2D eigenvalue weighted by molar-refractivity contribution is 7.89. The van der Waals surface area contributed by atoms with Crippen molar-refractivity contribution in [2.75, 3.05) is 5.73 Å². The van der Waals surface area contributed by atoms with Crippen molar-refractivity contribution in [1.82, 2.24) is 4.72 Å². The summed E-state index contributed by atoms with van der Waals surface area (Å²) in [7, 11) is -3.87. The number of nitrogens with one attached hydrogen (secondary N) is 1. The number of sulfonamides is 1. The lowest BCUT2D eigenvalue weighted by Gasteiger charge is -2.07. The zero-order chi connectivity index (χ0) is 13.5. The van der Waals surface area contributed by atoms with Gasteiger partial charge in [0.2, 0.25) is 10.0 Å². The first-order chi connectivity index (χ1) is 8.31. The number of nitro groups is 1. The summed E-state index contributed by atoms with van der Waals surface area (Å²) in [5.41, 5.74) is 5.07. The Morgan fingerprint density at radius 3 is 2.61 bits per heavy atom. The van der Waals surface area contributed by atoms with Gasteiger partial charge in [0.25, 0.3) is 5.69 Å². The van der Waals surface area contributed by atoms with Gasteiger partial charge in [0.1, 0.15) is 0 Å². The van der Waals surface area contributed by atoms with Crippen molar-refractivity contribution in [3.63, 3.8) is 0 Å². The molecule has 8 heteroatoms. The van der Waals surface area contributed by atoms with E-state index in [0.29, 0.717) is 0 Å². The highest BCUT2D eigenvalue weighted by Gasteiger charge is 2.38. The Hall–Kier alpha value is -1.67. The minimum Gasteiger partial charge on any atom is -0.399 e. The molecule has 2 atom stereocenters. The molecule has 2 unspecified atom stereocenters. The number of benzene rings is 1. The fourth-order valence-corrected chi connectivity index (χ4v) is 3.16. The van der Waals surface area contributed by atoms with E-state index in [2.05, 4.69) is 4.72 Å². The van der Waals surface area contributed by atoms with Crippen LogP contribution in [0.5, 0.6) is 0 Å². The van der Waals surface area contributed by atoms with E-state index in [9.17, 15) is 18.5 Å². The quantitative estimate of drug-likeness (QED) is 0.479. The maximum Gasteiger partial charge on any atom is 0.291 e. The maximum absolute atomic E-state index is 12.0. The Morgan fingerprint density at radius 2 is 2.11 bits per heavy atom. The van der Waals surface area contributed by atoms with Crippen LogP contribution in [0.1, 0.15) is 13.3 Å². The molecule has 1 aliphatic rings. The molecule has 1 aliphatic carbocycles. The van der Waals surface area contributed by atoms with Gasteiger partial charge in [0, 0.05) is 17.8 Å². The Balaban J connectivity index is 2.40. The first-order valence-corrected chi connectivity index (χ1v) is 6.86. The number of nitrogens with zero attached hydrogens (tertiary/aromatic N) is 1. The molecule has 7 nitrogen and oxygen atoms in total. The summed E-state index contributed by atoms with van der Waals surface area (Å²) in [4.78, 5) is 9.75. The molecule has 0 bridgehead atoms. The summed E-state index contributed by atoms with van der Waals surface area (Å²) in [6.07, 6.45) is 0.752. The van der Waals surface area contributed by atoms with Crippen LogP contribution < -0.4 is 10.5 Å². The predicted molar refractivity (Wildman–Crippen MR) is 65.4 cm³/mol. The Labute approximate surface area is 104 Å². The Kier molecular flexibility index (Phi) is 2.99. The van der Waals surface area contributed by atoms with Crippen molar-refractivity contribution >= 4 is 21.4 Å². The summed E-state index contributed by atoms with van der Waals surface area (Å²) in [6, 6.07) is 3.40. The van der Waals surface area contributed by atoms with E-state index >= 15 is 0 Å². The number of hydrogen-bond donors (Lipinski definition) is 2. The molecule has 1 fully saturated rings. The van der Waals surface area contributed by atoms with Crippen LogP contribution in [0.4, 0.5) is 11.4 Å². The number of nitrogen functional groups attached to an aromatic ring is 1. The van der Waals surface area contributed by atoms with Crippen molar-refractivity contribution in [2.45, 2.75) is 24.3 Å². The van der Waals surface area contributed by atoms with Crippen LogP contribution in [-0.2, 0) is 10.0 Å². The number of nitro benzene ring substituents is 1. The van der Waals surface area contributed by atoms with Crippen molar-refractivity contribution in [3.05, 3.63) is 28.3 Å². The van der Waals surface area contributed by atoms with Gasteiger partial charge in [0.05, 0.1) is 4.92 Å². The first-order valence-electron chi connectivity index (χ1n) is 5.37. The lowest BCUT2D eigenvalue weighted by Crippen LogP contribution is -2.27. The van der Waals surface area contributed by atoms with Crippen LogP contribution in [0.2, 0.25) is 0 Å². The van der Waals surface area contributed by atoms with Gasteiger partial charge in [-0.3, -0.25) is 10.1 Å². The normalized spacial score (nSPS) is 22.7. The van der Waals surface area contributed by atoms with E-state index in [4.69, 9.17) is 5.73 Å². The second kappa shape index (κ2) is 4.21. The molecule has 3 N–H and O–H groups in total. The average molecular weight is 271 g/mol. The first kappa shape index (κ1) is 12.8. The minimum atomic E-state index is -3.87. The molecule has 0 saturated heterocycles. The van der Waals surface area contributed by atoms with Crippen LogP contribution in [0.15, 0.2) is 23.1 Å². The fraction of sp³-hybridized carbons (Fsp3) is 0.400. The zero-order valence-electron chi connectivity index (χ0n) is 9.66. The van der Waals surface area contributed by atoms with Gasteiger partial charge in [0.15, 0.2) is 4.90 Å². The van der Waals surface area contributed by atoms with Crippen molar-refractivity contribution in [3.8, 4) is 0 Å². The molecule has 0 heterocycles. The SMILES string of the molecule is CC1CC1NS(=O)(=O)c1ccc(N)cc1[N+](=O)[O-]. The third-order valence-electron chi connectivity index (χ3n) is 2.89.